The van der Waals surface area contributed by atoms with Crippen molar-refractivity contribution in [2.45, 2.75) is 13.5 Å². The first-order valence-corrected chi connectivity index (χ1v) is 9.92. The monoisotopic (exact) mass is 434 g/mol. The molecule has 0 saturated carbocycles. The summed E-state index contributed by atoms with van der Waals surface area (Å²) in [5, 5.41) is 18.7. The lowest BCUT2D eigenvalue weighted by molar-refractivity contribution is -0.122. The Labute approximate surface area is 183 Å². The third-order valence-electron chi connectivity index (χ3n) is 4.77. The van der Waals surface area contributed by atoms with E-state index < -0.39 is 5.91 Å². The Morgan fingerprint density at radius 1 is 1.19 bits per heavy atom. The van der Waals surface area contributed by atoms with Crippen LogP contribution in [-0.2, 0) is 16.1 Å². The van der Waals surface area contributed by atoms with Crippen molar-refractivity contribution in [2.75, 3.05) is 25.6 Å². The number of fused-ring (bicyclic) bond motifs is 1. The van der Waals surface area contributed by atoms with Crippen molar-refractivity contribution < 1.29 is 14.3 Å². The number of rotatable bonds is 8. The summed E-state index contributed by atoms with van der Waals surface area (Å²) in [4.78, 5) is 29.1. The van der Waals surface area contributed by atoms with Crippen LogP contribution in [0.15, 0.2) is 48.9 Å². The molecule has 4 rings (SSSR count). The molecule has 0 unspecified atom stereocenters. The fourth-order valence-corrected chi connectivity index (χ4v) is 3.23. The second kappa shape index (κ2) is 9.35. The number of para-hydroxylation sites is 1. The molecule has 32 heavy (non-hydrogen) atoms. The lowest BCUT2D eigenvalue weighted by Gasteiger charge is -2.07. The zero-order valence-electron chi connectivity index (χ0n) is 17.6. The molecule has 0 aliphatic rings. The van der Waals surface area contributed by atoms with E-state index in [0.717, 1.165) is 16.6 Å². The third kappa shape index (κ3) is 4.47. The lowest BCUT2D eigenvalue weighted by Crippen LogP contribution is -2.30. The minimum atomic E-state index is -0.425. The molecule has 4 aromatic rings. The number of nitrogens with one attached hydrogen (secondary N) is 2. The Bertz CT molecular complexity index is 1260. The molecule has 0 saturated heterocycles. The van der Waals surface area contributed by atoms with E-state index in [4.69, 9.17) is 4.74 Å². The maximum Gasteiger partial charge on any atom is 0.278 e. The van der Waals surface area contributed by atoms with Crippen LogP contribution in [0.1, 0.15) is 16.2 Å². The summed E-state index contributed by atoms with van der Waals surface area (Å²) in [6, 6.07) is 9.56. The zero-order chi connectivity index (χ0) is 22.5. The highest BCUT2D eigenvalue weighted by molar-refractivity contribution is 6.03. The van der Waals surface area contributed by atoms with Gasteiger partial charge in [-0.25, -0.2) is 4.68 Å². The summed E-state index contributed by atoms with van der Waals surface area (Å²) in [6.07, 6.45) is 4.75. The molecule has 0 fully saturated rings. The van der Waals surface area contributed by atoms with E-state index in [1.165, 1.54) is 10.9 Å². The maximum atomic E-state index is 12.8. The van der Waals surface area contributed by atoms with E-state index >= 15 is 0 Å². The van der Waals surface area contributed by atoms with Gasteiger partial charge in [-0.2, -0.15) is 5.10 Å². The molecule has 3 aromatic heterocycles. The average molecular weight is 434 g/mol. The smallest absolute Gasteiger partial charge is 0.278 e. The Morgan fingerprint density at radius 3 is 2.88 bits per heavy atom. The highest BCUT2D eigenvalue weighted by Gasteiger charge is 2.19. The van der Waals surface area contributed by atoms with Crippen molar-refractivity contribution in [1.29, 1.82) is 0 Å². The first kappa shape index (κ1) is 21.1. The number of carbonyl (C=O) groups is 2. The van der Waals surface area contributed by atoms with Crippen molar-refractivity contribution in [3.8, 4) is 5.69 Å². The normalized spacial score (nSPS) is 10.9. The third-order valence-corrected chi connectivity index (χ3v) is 4.77. The van der Waals surface area contributed by atoms with Gasteiger partial charge in [-0.1, -0.05) is 23.4 Å². The Hall–Kier alpha value is -4.12. The van der Waals surface area contributed by atoms with Gasteiger partial charge in [0.05, 0.1) is 35.4 Å². The van der Waals surface area contributed by atoms with Gasteiger partial charge in [0.15, 0.2) is 5.69 Å². The molecule has 0 aliphatic carbocycles. The van der Waals surface area contributed by atoms with E-state index in [-0.39, 0.29) is 18.1 Å². The van der Waals surface area contributed by atoms with Crippen molar-refractivity contribution in [1.82, 2.24) is 35.1 Å². The number of methoxy groups -OCH3 is 1. The van der Waals surface area contributed by atoms with Gasteiger partial charge in [-0.15, -0.1) is 5.10 Å². The minimum absolute atomic E-state index is 0.0306. The topological polar surface area (TPSA) is 129 Å². The Morgan fingerprint density at radius 2 is 2.03 bits per heavy atom. The summed E-state index contributed by atoms with van der Waals surface area (Å²) >= 11 is 0. The van der Waals surface area contributed by atoms with Crippen LogP contribution >= 0.6 is 0 Å². The molecule has 1 aromatic carbocycles. The molecular weight excluding hydrogens is 412 g/mol. The number of aromatic nitrogens is 6. The van der Waals surface area contributed by atoms with Crippen molar-refractivity contribution in [3.05, 3.63) is 60.3 Å². The van der Waals surface area contributed by atoms with Crippen LogP contribution in [0.4, 0.5) is 5.69 Å². The minimum Gasteiger partial charge on any atom is -0.383 e. The van der Waals surface area contributed by atoms with Gasteiger partial charge in [0.2, 0.25) is 5.91 Å². The van der Waals surface area contributed by atoms with E-state index in [0.29, 0.717) is 24.5 Å². The predicted molar refractivity (Wildman–Crippen MR) is 116 cm³/mol. The highest BCUT2D eigenvalue weighted by Crippen LogP contribution is 2.21. The first-order chi connectivity index (χ1) is 15.6. The highest BCUT2D eigenvalue weighted by atomic mass is 16.5. The van der Waals surface area contributed by atoms with Gasteiger partial charge in [0, 0.05) is 31.4 Å². The van der Waals surface area contributed by atoms with Crippen LogP contribution in [0, 0.1) is 6.92 Å². The number of hydrogen-bond acceptors (Lipinski definition) is 7. The fraction of sp³-hybridized carbons (Fsp3) is 0.238. The molecule has 2 amide bonds. The second-order valence-corrected chi connectivity index (χ2v) is 7.01. The molecule has 11 heteroatoms. The van der Waals surface area contributed by atoms with Crippen molar-refractivity contribution in [2.24, 2.45) is 0 Å². The molecule has 11 nitrogen and oxygen atoms in total. The summed E-state index contributed by atoms with van der Waals surface area (Å²) in [6.45, 7) is 2.65. The zero-order valence-corrected chi connectivity index (χ0v) is 17.6. The first-order valence-electron chi connectivity index (χ1n) is 9.92. The summed E-state index contributed by atoms with van der Waals surface area (Å²) in [5.74, 6) is -0.628. The van der Waals surface area contributed by atoms with E-state index in [1.807, 2.05) is 30.3 Å². The van der Waals surface area contributed by atoms with Gasteiger partial charge in [-0.3, -0.25) is 19.3 Å². The van der Waals surface area contributed by atoms with Crippen LogP contribution in [0.25, 0.3) is 16.6 Å². The molecule has 2 N–H and O–H groups in total. The number of benzene rings is 1. The molecule has 0 bridgehead atoms. The summed E-state index contributed by atoms with van der Waals surface area (Å²) in [5.41, 5.74) is 2.70. The molecule has 0 spiro atoms. The number of anilines is 1. The van der Waals surface area contributed by atoms with Gasteiger partial charge in [0.25, 0.3) is 5.91 Å². The molecule has 3 heterocycles. The number of pyridine rings is 1. The van der Waals surface area contributed by atoms with E-state index in [9.17, 15) is 9.59 Å². The van der Waals surface area contributed by atoms with Gasteiger partial charge in [0.1, 0.15) is 6.54 Å². The Kier molecular flexibility index (Phi) is 6.17. The van der Waals surface area contributed by atoms with Crippen molar-refractivity contribution >= 4 is 28.4 Å². The van der Waals surface area contributed by atoms with Crippen molar-refractivity contribution in [3.63, 3.8) is 0 Å². The lowest BCUT2D eigenvalue weighted by atomic mass is 10.2. The van der Waals surface area contributed by atoms with Gasteiger partial charge >= 0.3 is 0 Å². The average Bonchev–Trinajstić information content (AvgIpc) is 3.39. The molecule has 164 valence electrons. The summed E-state index contributed by atoms with van der Waals surface area (Å²) < 4.78 is 7.92. The quantitative estimate of drug-likeness (QED) is 0.400. The van der Waals surface area contributed by atoms with Crippen LogP contribution < -0.4 is 10.6 Å². The molecule has 0 radical (unpaired) electrons. The predicted octanol–water partition coefficient (Wildman–Crippen LogP) is 1.34. The van der Waals surface area contributed by atoms with Gasteiger partial charge < -0.3 is 15.4 Å². The van der Waals surface area contributed by atoms with Crippen LogP contribution in [0.3, 0.4) is 0 Å². The molecule has 0 atom stereocenters. The number of ether oxygens (including phenoxy) is 1. The SMILES string of the molecule is COCCNC(=O)Cn1cc(NC(=O)c2nnn(-c3cccc4cccnc34)c2C)cn1. The largest absolute Gasteiger partial charge is 0.383 e. The van der Waals surface area contributed by atoms with Crippen LogP contribution in [0.2, 0.25) is 0 Å². The fourth-order valence-electron chi connectivity index (χ4n) is 3.23. The van der Waals surface area contributed by atoms with E-state index in [2.05, 4.69) is 31.0 Å². The van der Waals surface area contributed by atoms with Crippen LogP contribution in [-0.4, -0.2) is 61.8 Å². The number of amides is 2. The standard InChI is InChI=1S/C21H22N8O3/c1-14-19(26-27-29(14)17-7-3-5-15-6-4-8-23-20(15)17)21(31)25-16-11-24-28(12-16)13-18(30)22-9-10-32-2/h3-8,11-12H,9-10,13H2,1-2H3,(H,22,30)(H,25,31). The second-order valence-electron chi connectivity index (χ2n) is 7.01. The number of carbonyl (C=O) groups excluding carboxylic acids is 2. The molecule has 0 aliphatic heterocycles. The van der Waals surface area contributed by atoms with Gasteiger partial charge in [-0.05, 0) is 19.1 Å². The van der Waals surface area contributed by atoms with Crippen LogP contribution in [0.5, 0.6) is 0 Å². The molecular formula is C21H22N8O3. The summed E-state index contributed by atoms with van der Waals surface area (Å²) in [7, 11) is 1.56. The van der Waals surface area contributed by atoms with E-state index in [1.54, 1.807) is 31.1 Å². The maximum absolute atomic E-state index is 12.8. The number of hydrogen-bond donors (Lipinski definition) is 2. The number of nitrogens with zero attached hydrogens (tertiary/aromatic N) is 6. The Balaban J connectivity index is 1.47.